The van der Waals surface area contributed by atoms with E-state index < -0.39 is 11.7 Å². The maximum absolute atomic E-state index is 12.5. The van der Waals surface area contributed by atoms with Crippen LogP contribution in [0.3, 0.4) is 0 Å². The predicted octanol–water partition coefficient (Wildman–Crippen LogP) is 3.42. The second kappa shape index (κ2) is 7.90. The van der Waals surface area contributed by atoms with Crippen molar-refractivity contribution in [3.05, 3.63) is 35.4 Å². The lowest BCUT2D eigenvalue weighted by atomic mass is 10.1. The molecule has 0 spiro atoms. The minimum Gasteiger partial charge on any atom is -0.357 e. The number of guanidine groups is 1. The average Bonchev–Trinajstić information content (AvgIpc) is 2.41. The van der Waals surface area contributed by atoms with Gasteiger partial charge in [-0.05, 0) is 30.5 Å². The first kappa shape index (κ1) is 17.3. The number of nitrogens with one attached hydrogen (secondary N) is 2. The molecule has 0 fully saturated rings. The molecule has 0 aliphatic rings. The van der Waals surface area contributed by atoms with Gasteiger partial charge >= 0.3 is 6.18 Å². The van der Waals surface area contributed by atoms with Gasteiger partial charge in [-0.15, -0.1) is 0 Å². The summed E-state index contributed by atoms with van der Waals surface area (Å²) in [5, 5.41) is 6.29. The van der Waals surface area contributed by atoms with E-state index in [0.29, 0.717) is 18.4 Å². The molecule has 0 amide bonds. The maximum atomic E-state index is 12.5. The van der Waals surface area contributed by atoms with Crippen molar-refractivity contribution in [1.82, 2.24) is 10.6 Å². The maximum Gasteiger partial charge on any atom is 0.416 e. The molecule has 1 aromatic carbocycles. The summed E-state index contributed by atoms with van der Waals surface area (Å²) in [6.45, 7) is 8.00. The van der Waals surface area contributed by atoms with Gasteiger partial charge in [0.25, 0.3) is 0 Å². The lowest BCUT2D eigenvalue weighted by Gasteiger charge is -2.13. The van der Waals surface area contributed by atoms with Gasteiger partial charge in [0.1, 0.15) is 0 Å². The number of nitrogens with zero attached hydrogens (tertiary/aromatic N) is 1. The highest BCUT2D eigenvalue weighted by Gasteiger charge is 2.29. The largest absolute Gasteiger partial charge is 0.416 e. The minimum absolute atomic E-state index is 0.339. The third kappa shape index (κ3) is 6.51. The Hall–Kier alpha value is -1.72. The van der Waals surface area contributed by atoms with E-state index >= 15 is 0 Å². The van der Waals surface area contributed by atoms with Crippen LogP contribution in [0, 0.1) is 5.92 Å². The van der Waals surface area contributed by atoms with Crippen LogP contribution >= 0.6 is 0 Å². The summed E-state index contributed by atoms with van der Waals surface area (Å²) in [6.07, 6.45) is -4.30. The van der Waals surface area contributed by atoms with Crippen molar-refractivity contribution in [3.63, 3.8) is 0 Å². The number of hydrogen-bond acceptors (Lipinski definition) is 1. The molecule has 0 aliphatic carbocycles. The molecule has 0 saturated heterocycles. The molecule has 0 saturated carbocycles. The van der Waals surface area contributed by atoms with Crippen LogP contribution in [0.15, 0.2) is 29.3 Å². The first-order chi connectivity index (χ1) is 9.82. The van der Waals surface area contributed by atoms with Gasteiger partial charge < -0.3 is 10.6 Å². The van der Waals surface area contributed by atoms with Crippen molar-refractivity contribution in [1.29, 1.82) is 0 Å². The highest BCUT2D eigenvalue weighted by molar-refractivity contribution is 5.79. The predicted molar refractivity (Wildman–Crippen MR) is 79.1 cm³/mol. The number of rotatable bonds is 5. The number of benzene rings is 1. The number of aliphatic imine (C=N–C) groups is 1. The monoisotopic (exact) mass is 301 g/mol. The molecule has 1 aromatic rings. The molecule has 21 heavy (non-hydrogen) atoms. The van der Waals surface area contributed by atoms with E-state index in [1.165, 1.54) is 12.1 Å². The zero-order valence-corrected chi connectivity index (χ0v) is 12.6. The third-order valence-corrected chi connectivity index (χ3v) is 2.72. The van der Waals surface area contributed by atoms with Crippen LogP contribution < -0.4 is 10.6 Å². The van der Waals surface area contributed by atoms with E-state index in [1.54, 1.807) is 0 Å². The molecule has 0 radical (unpaired) electrons. The molecule has 0 heterocycles. The normalized spacial score (nSPS) is 12.6. The summed E-state index contributed by atoms with van der Waals surface area (Å²) in [5.41, 5.74) is 0.102. The molecule has 0 atom stereocenters. The highest BCUT2D eigenvalue weighted by atomic mass is 19.4. The van der Waals surface area contributed by atoms with Crippen molar-refractivity contribution in [2.75, 3.05) is 13.1 Å². The van der Waals surface area contributed by atoms with Crippen molar-refractivity contribution >= 4 is 5.96 Å². The minimum atomic E-state index is -4.30. The van der Waals surface area contributed by atoms with Gasteiger partial charge in [-0.3, -0.25) is 0 Å². The third-order valence-electron chi connectivity index (χ3n) is 2.72. The lowest BCUT2D eigenvalue weighted by molar-refractivity contribution is -0.137. The van der Waals surface area contributed by atoms with E-state index in [2.05, 4.69) is 29.5 Å². The zero-order valence-electron chi connectivity index (χ0n) is 12.6. The lowest BCUT2D eigenvalue weighted by Crippen LogP contribution is -2.39. The van der Waals surface area contributed by atoms with Crippen molar-refractivity contribution < 1.29 is 13.2 Å². The Morgan fingerprint density at radius 2 is 1.76 bits per heavy atom. The Morgan fingerprint density at radius 3 is 2.24 bits per heavy atom. The molecule has 6 heteroatoms. The van der Waals surface area contributed by atoms with E-state index in [0.717, 1.165) is 30.8 Å². The molecule has 0 aliphatic heterocycles. The molecule has 0 unspecified atom stereocenters. The van der Waals surface area contributed by atoms with Gasteiger partial charge in [-0.1, -0.05) is 26.0 Å². The quantitative estimate of drug-likeness (QED) is 0.646. The fourth-order valence-electron chi connectivity index (χ4n) is 1.61. The number of alkyl halides is 3. The van der Waals surface area contributed by atoms with Crippen molar-refractivity contribution in [2.45, 2.75) is 33.5 Å². The van der Waals surface area contributed by atoms with Gasteiger partial charge in [0, 0.05) is 13.1 Å². The van der Waals surface area contributed by atoms with Gasteiger partial charge in [0.2, 0.25) is 0 Å². The molecule has 3 nitrogen and oxygen atoms in total. The summed E-state index contributed by atoms with van der Waals surface area (Å²) in [5.74, 6) is 1.16. The molecule has 1 rings (SSSR count). The van der Waals surface area contributed by atoms with Gasteiger partial charge in [0.15, 0.2) is 5.96 Å². The molecule has 118 valence electrons. The first-order valence-corrected chi connectivity index (χ1v) is 7.01. The van der Waals surface area contributed by atoms with Crippen LogP contribution in [0.5, 0.6) is 0 Å². The molecule has 0 bridgehead atoms. The van der Waals surface area contributed by atoms with Crippen LogP contribution in [0.25, 0.3) is 0 Å². The number of hydrogen-bond donors (Lipinski definition) is 2. The molecule has 0 aromatic heterocycles. The van der Waals surface area contributed by atoms with Crippen LogP contribution in [0.4, 0.5) is 13.2 Å². The van der Waals surface area contributed by atoms with Crippen LogP contribution in [0.1, 0.15) is 31.9 Å². The summed E-state index contributed by atoms with van der Waals surface area (Å²) in [7, 11) is 0. The zero-order chi connectivity index (χ0) is 15.9. The van der Waals surface area contributed by atoms with Crippen LogP contribution in [0.2, 0.25) is 0 Å². The Balaban J connectivity index is 2.67. The summed E-state index contributed by atoms with van der Waals surface area (Å²) >= 11 is 0. The average molecular weight is 301 g/mol. The summed E-state index contributed by atoms with van der Waals surface area (Å²) in [6, 6.07) is 5.08. The van der Waals surface area contributed by atoms with E-state index in [4.69, 9.17) is 0 Å². The standard InChI is InChI=1S/C15H22F3N3/c1-4-19-14(20-9-11(2)3)21-10-12-5-7-13(8-6-12)15(16,17)18/h5-8,11H,4,9-10H2,1-3H3,(H2,19,20,21). The fourth-order valence-corrected chi connectivity index (χ4v) is 1.61. The van der Waals surface area contributed by atoms with Crippen LogP contribution in [-0.4, -0.2) is 19.0 Å². The van der Waals surface area contributed by atoms with E-state index in [1.807, 2.05) is 6.92 Å². The SMILES string of the molecule is CCNC(=NCc1ccc(C(F)(F)F)cc1)NCC(C)C. The van der Waals surface area contributed by atoms with E-state index in [-0.39, 0.29) is 0 Å². The fraction of sp³-hybridized carbons (Fsp3) is 0.533. The highest BCUT2D eigenvalue weighted by Crippen LogP contribution is 2.29. The Kier molecular flexibility index (Phi) is 6.52. The van der Waals surface area contributed by atoms with Crippen molar-refractivity contribution in [2.24, 2.45) is 10.9 Å². The van der Waals surface area contributed by atoms with Gasteiger partial charge in [-0.2, -0.15) is 13.2 Å². The summed E-state index contributed by atoms with van der Waals surface area (Å²) < 4.78 is 37.4. The Morgan fingerprint density at radius 1 is 1.14 bits per heavy atom. The van der Waals surface area contributed by atoms with E-state index in [9.17, 15) is 13.2 Å². The first-order valence-electron chi connectivity index (χ1n) is 7.01. The molecular formula is C15H22F3N3. The van der Waals surface area contributed by atoms with Crippen LogP contribution in [-0.2, 0) is 12.7 Å². The molecule has 2 N–H and O–H groups in total. The van der Waals surface area contributed by atoms with Gasteiger partial charge in [-0.25, -0.2) is 4.99 Å². The Labute approximate surface area is 123 Å². The summed E-state index contributed by atoms with van der Waals surface area (Å²) in [4.78, 5) is 4.36. The second-order valence-electron chi connectivity index (χ2n) is 5.16. The van der Waals surface area contributed by atoms with Crippen molar-refractivity contribution in [3.8, 4) is 0 Å². The second-order valence-corrected chi connectivity index (χ2v) is 5.16. The topological polar surface area (TPSA) is 36.4 Å². The molecular weight excluding hydrogens is 279 g/mol. The van der Waals surface area contributed by atoms with Gasteiger partial charge in [0.05, 0.1) is 12.1 Å². The smallest absolute Gasteiger partial charge is 0.357 e. The Bertz CT molecular complexity index is 450. The number of halogens is 3.